The third kappa shape index (κ3) is 10.7. The summed E-state index contributed by atoms with van der Waals surface area (Å²) in [6.07, 6.45) is -22.6. The Morgan fingerprint density at radius 1 is 0.808 bits per heavy atom. The van der Waals surface area contributed by atoms with Gasteiger partial charge in [0, 0.05) is 54.3 Å². The highest BCUT2D eigenvalue weighted by Crippen LogP contribution is 2.66. The molecule has 0 spiro atoms. The summed E-state index contributed by atoms with van der Waals surface area (Å²) in [5.74, 6) is -3.27. The molecule has 21 heteroatoms. The van der Waals surface area contributed by atoms with E-state index in [0.717, 1.165) is 11.8 Å². The average Bonchev–Trinajstić information content (AvgIpc) is 3.52. The van der Waals surface area contributed by atoms with Crippen molar-refractivity contribution in [3.05, 3.63) is 71.8 Å². The molecule has 23 atom stereocenters. The summed E-state index contributed by atoms with van der Waals surface area (Å²) in [7, 11) is 0. The monoisotopic (exact) mass is 1050 g/mol. The first-order valence-corrected chi connectivity index (χ1v) is 26.4. The van der Waals surface area contributed by atoms with Crippen LogP contribution in [0.3, 0.4) is 0 Å². The molecule has 2 aromatic rings. The maximum absolute atomic E-state index is 14.0. The summed E-state index contributed by atoms with van der Waals surface area (Å²) in [5.41, 5.74) is -7.12. The Bertz CT molecular complexity index is 2110. The fraction of sp³-hybridized carbons (Fsp3) is 0.769. The number of aliphatic hydroxyl groups excluding tert-OH is 9. The summed E-state index contributed by atoms with van der Waals surface area (Å²) in [4.78, 5) is 0. The van der Waals surface area contributed by atoms with Gasteiger partial charge in [-0.1, -0.05) is 88.4 Å². The summed E-state index contributed by atoms with van der Waals surface area (Å²) in [6.45, 7) is 13.6. The van der Waals surface area contributed by atoms with E-state index in [1.54, 1.807) is 109 Å². The van der Waals surface area contributed by atoms with Crippen molar-refractivity contribution in [1.82, 2.24) is 5.32 Å². The van der Waals surface area contributed by atoms with Crippen LogP contribution in [0, 0.1) is 28.6 Å². The van der Waals surface area contributed by atoms with Crippen LogP contribution in [-0.4, -0.2) is 190 Å². The lowest BCUT2D eigenvalue weighted by Gasteiger charge is -2.71. The molecule has 412 valence electrons. The van der Waals surface area contributed by atoms with E-state index in [1.807, 2.05) is 0 Å². The van der Waals surface area contributed by atoms with Crippen molar-refractivity contribution < 1.29 is 94.1 Å². The van der Waals surface area contributed by atoms with Crippen LogP contribution in [0.2, 0.25) is 0 Å². The van der Waals surface area contributed by atoms with Crippen LogP contribution in [-0.2, 0) is 37.9 Å². The Hall–Kier alpha value is -2.01. The molecule has 0 amide bonds. The minimum absolute atomic E-state index is 0.0715. The Labute approximate surface area is 430 Å². The topological polar surface area (TPSA) is 308 Å². The number of ether oxygens (including phenoxy) is 8. The number of hydrogen-bond donors (Lipinski definition) is 12. The molecule has 6 aliphatic rings. The van der Waals surface area contributed by atoms with Crippen molar-refractivity contribution >= 4 is 11.8 Å². The highest BCUT2D eigenvalue weighted by Gasteiger charge is 2.78. The SMILES string of the molecule is C[C@@H](O)O[C@@]12CO[C@@H]1C[C@H](O)[C@@]1(C)[C@H](O)[C@H](O)C3[C@H](C)[C@@H](O[C@H](O)[C@H](O[C@@H](O)[C@H]4SC(C(O)O)[C@H]5OCCCOC54)C(N[C@H](O)OC(C)(C)C)c4ccccc4)C[C@@](O)([C@@H](O[C@@H](O)c4ccccc4)[C@H]21)C3(C)C. The van der Waals surface area contributed by atoms with E-state index in [4.69, 9.17) is 37.9 Å². The van der Waals surface area contributed by atoms with Gasteiger partial charge in [-0.15, -0.1) is 11.8 Å². The average molecular weight is 1050 g/mol. The summed E-state index contributed by atoms with van der Waals surface area (Å²) >= 11 is 0.983. The zero-order valence-corrected chi connectivity index (χ0v) is 43.6. The van der Waals surface area contributed by atoms with Gasteiger partial charge in [0.25, 0.3) is 0 Å². The molecule has 3 aliphatic carbocycles. The zero-order chi connectivity index (χ0) is 53.2. The van der Waals surface area contributed by atoms with Crippen LogP contribution >= 0.6 is 11.8 Å². The smallest absolute Gasteiger partial charge is 0.214 e. The molecule has 6 fully saturated rings. The zero-order valence-electron chi connectivity index (χ0n) is 42.7. The lowest BCUT2D eigenvalue weighted by Crippen LogP contribution is -2.83. The molecule has 2 aromatic carbocycles. The molecular weight excluding hydrogens is 975 g/mol. The van der Waals surface area contributed by atoms with E-state index in [-0.39, 0.29) is 32.7 Å². The van der Waals surface area contributed by atoms with E-state index in [9.17, 15) is 56.2 Å². The highest BCUT2D eigenvalue weighted by molar-refractivity contribution is 8.01. The molecule has 3 saturated heterocycles. The third-order valence-electron chi connectivity index (χ3n) is 16.8. The van der Waals surface area contributed by atoms with Gasteiger partial charge in [0.2, 0.25) is 6.41 Å². The normalized spacial score (nSPS) is 41.3. The van der Waals surface area contributed by atoms with Crippen molar-refractivity contribution in [2.45, 2.75) is 201 Å². The molecule has 3 heterocycles. The van der Waals surface area contributed by atoms with E-state index < -0.39 is 155 Å². The summed E-state index contributed by atoms with van der Waals surface area (Å²) in [6, 6.07) is 15.7. The molecule has 8 rings (SSSR count). The van der Waals surface area contributed by atoms with Gasteiger partial charge in [0.05, 0.1) is 71.0 Å². The molecule has 3 aliphatic heterocycles. The molecule has 0 aromatic heterocycles. The first-order valence-electron chi connectivity index (χ1n) is 25.5. The van der Waals surface area contributed by atoms with Gasteiger partial charge in [-0.3, -0.25) is 5.32 Å². The molecular formula is C52H79NO19S. The van der Waals surface area contributed by atoms with E-state index >= 15 is 0 Å². The minimum atomic E-state index is -2.22. The van der Waals surface area contributed by atoms with Gasteiger partial charge in [0.15, 0.2) is 31.5 Å². The fourth-order valence-electron chi connectivity index (χ4n) is 13.2. The molecule has 12 N–H and O–H groups in total. The van der Waals surface area contributed by atoms with Crippen LogP contribution in [0.25, 0.3) is 0 Å². The Kier molecular flexibility index (Phi) is 17.2. The lowest BCUT2D eigenvalue weighted by molar-refractivity contribution is -0.417. The summed E-state index contributed by atoms with van der Waals surface area (Å²) < 4.78 is 50.4. The van der Waals surface area contributed by atoms with Gasteiger partial charge in [0.1, 0.15) is 23.9 Å². The van der Waals surface area contributed by atoms with Gasteiger partial charge < -0.3 is 94.1 Å². The van der Waals surface area contributed by atoms with Gasteiger partial charge >= 0.3 is 0 Å². The molecule has 2 bridgehead atoms. The van der Waals surface area contributed by atoms with E-state index in [2.05, 4.69) is 5.32 Å². The quantitative estimate of drug-likeness (QED) is 0.0980. The molecule has 4 unspecified atom stereocenters. The largest absolute Gasteiger partial charge is 0.392 e. The Morgan fingerprint density at radius 3 is 1.97 bits per heavy atom. The van der Waals surface area contributed by atoms with Crippen LogP contribution in [0.5, 0.6) is 0 Å². The maximum Gasteiger partial charge on any atom is 0.214 e. The van der Waals surface area contributed by atoms with E-state index in [0.29, 0.717) is 17.5 Å². The highest BCUT2D eigenvalue weighted by atomic mass is 32.2. The predicted octanol–water partition coefficient (Wildman–Crippen LogP) is 0.889. The second-order valence-electron chi connectivity index (χ2n) is 22.8. The second kappa shape index (κ2) is 22.0. The lowest BCUT2D eigenvalue weighted by atomic mass is 9.42. The predicted molar refractivity (Wildman–Crippen MR) is 260 cm³/mol. The number of benzene rings is 2. The molecule has 0 radical (unpaired) electrons. The first kappa shape index (κ1) is 57.2. The summed E-state index contributed by atoms with van der Waals surface area (Å²) in [5, 5.41) is 133. The third-order valence-corrected chi connectivity index (χ3v) is 18.5. The number of thioether (sulfide) groups is 1. The maximum atomic E-state index is 14.0. The number of aliphatic hydroxyl groups is 11. The molecule has 73 heavy (non-hydrogen) atoms. The van der Waals surface area contributed by atoms with Crippen molar-refractivity contribution in [1.29, 1.82) is 0 Å². The standard InChI is InChI=1S/C52H79NO19S/c1-25-29(68-45(61)35(33(27-16-11-9-12-17-27)53-47(63)72-48(3,4)5)69-46(62)39-37-36(38(73-39)43(58)59)65-20-15-21-66-37)23-52(64)42(70-44(60)28-18-13-10-14-19-28)40-50(8,41(57)34(56)32(25)49(52,6)7)30(55)22-31-51(40,24-67-31)71-26(2)54/h9-14,16-19,25-26,29-47,53-64H,15,20-24H2,1-8H3/t25-,26+,29+,30+,31-,32?,33?,34-,35-,36+,37?,38?,39+,40+,41-,42+,44-,45+,46-,47-,50-,51+,52-/m1/s1. The number of fused-ring (bicyclic) bond motifs is 6. The van der Waals surface area contributed by atoms with Crippen molar-refractivity contribution in [3.63, 3.8) is 0 Å². The van der Waals surface area contributed by atoms with Crippen molar-refractivity contribution in [2.75, 3.05) is 19.8 Å². The molecule has 20 nitrogen and oxygen atoms in total. The number of hydrogen-bond acceptors (Lipinski definition) is 21. The fourth-order valence-corrected chi connectivity index (χ4v) is 14.7. The minimum Gasteiger partial charge on any atom is -0.392 e. The van der Waals surface area contributed by atoms with Crippen molar-refractivity contribution in [3.8, 4) is 0 Å². The van der Waals surface area contributed by atoms with Crippen LogP contribution in [0.4, 0.5) is 0 Å². The van der Waals surface area contributed by atoms with Crippen molar-refractivity contribution in [2.24, 2.45) is 28.6 Å². The number of rotatable bonds is 17. The van der Waals surface area contributed by atoms with Crippen LogP contribution < -0.4 is 5.32 Å². The van der Waals surface area contributed by atoms with Gasteiger partial charge in [-0.25, -0.2) is 0 Å². The second-order valence-corrected chi connectivity index (χ2v) is 24.1. The Balaban J connectivity index is 1.23. The number of nitrogens with one attached hydrogen (secondary N) is 1. The van der Waals surface area contributed by atoms with Gasteiger partial charge in [-0.2, -0.15) is 0 Å². The first-order chi connectivity index (χ1) is 34.3. The van der Waals surface area contributed by atoms with E-state index in [1.165, 1.54) is 6.92 Å². The molecule has 3 saturated carbocycles. The van der Waals surface area contributed by atoms with Crippen LogP contribution in [0.1, 0.15) is 98.1 Å². The Morgan fingerprint density at radius 2 is 1.41 bits per heavy atom. The van der Waals surface area contributed by atoms with Gasteiger partial charge in [-0.05, 0) is 45.6 Å². The van der Waals surface area contributed by atoms with Crippen LogP contribution in [0.15, 0.2) is 60.7 Å².